The number of phosphoric acid groups is 1. The third kappa shape index (κ3) is 34.2. The zero-order chi connectivity index (χ0) is 53.2. The summed E-state index contributed by atoms with van der Waals surface area (Å²) >= 11 is 0. The normalized spacial score (nSPS) is 21.8. The van der Waals surface area contributed by atoms with E-state index in [1.54, 1.807) is 6.08 Å². The Morgan fingerprint density at radius 1 is 0.408 bits per heavy atom. The van der Waals surface area contributed by atoms with Crippen LogP contribution in [0.25, 0.3) is 0 Å². The molecule has 1 aliphatic rings. The van der Waals surface area contributed by atoms with E-state index < -0.39 is 45.1 Å². The van der Waals surface area contributed by atoms with Crippen molar-refractivity contribution < 1.29 is 43.7 Å². The second-order valence-corrected chi connectivity index (χ2v) is 22.1. The molecule has 0 bridgehead atoms. The predicted molar refractivity (Wildman–Crippen MR) is 300 cm³/mol. The fraction of sp³-hybridized carbons (Fsp3) is 0.639. The Hall–Kier alpha value is -2.95. The summed E-state index contributed by atoms with van der Waals surface area (Å²) in [5.74, 6) is 0. The molecule has 1 heterocycles. The molecular formula is C61H101O9P. The van der Waals surface area contributed by atoms with Crippen LogP contribution in [0.15, 0.2) is 128 Å². The monoisotopic (exact) mass is 1010 g/mol. The van der Waals surface area contributed by atoms with E-state index in [0.29, 0.717) is 0 Å². The number of aliphatic hydroxyl groups excluding tert-OH is 4. The van der Waals surface area contributed by atoms with Crippen molar-refractivity contribution in [3.05, 3.63) is 128 Å². The van der Waals surface area contributed by atoms with E-state index in [1.807, 2.05) is 6.92 Å². The van der Waals surface area contributed by atoms with E-state index in [-0.39, 0.29) is 6.61 Å². The number of allylic oxidation sites excluding steroid dienone is 21. The Balaban J connectivity index is 2.26. The topological polar surface area (TPSA) is 146 Å². The fourth-order valence-electron chi connectivity index (χ4n) is 8.12. The minimum atomic E-state index is -4.67. The molecule has 1 rings (SSSR count). The molecule has 404 valence electrons. The van der Waals surface area contributed by atoms with E-state index >= 15 is 0 Å². The van der Waals surface area contributed by atoms with Gasteiger partial charge in [-0.25, -0.2) is 4.57 Å². The van der Waals surface area contributed by atoms with E-state index in [1.165, 1.54) is 68.6 Å². The second-order valence-electron chi connectivity index (χ2n) is 20.7. The summed E-state index contributed by atoms with van der Waals surface area (Å²) in [6.07, 6.45) is 39.1. The lowest BCUT2D eigenvalue weighted by atomic mass is 10.00. The van der Waals surface area contributed by atoms with Gasteiger partial charge in [0.05, 0.1) is 13.2 Å². The smallest absolute Gasteiger partial charge is 0.394 e. The molecule has 1 aliphatic heterocycles. The van der Waals surface area contributed by atoms with Crippen molar-refractivity contribution in [2.24, 2.45) is 0 Å². The second kappa shape index (κ2) is 38.6. The summed E-state index contributed by atoms with van der Waals surface area (Å²) in [5.41, 5.74) is 15.6. The molecule has 0 amide bonds. The Kier molecular flexibility index (Phi) is 35.9. The van der Waals surface area contributed by atoms with Crippen molar-refractivity contribution >= 4 is 7.82 Å². The van der Waals surface area contributed by atoms with Crippen LogP contribution in [-0.2, 0) is 18.3 Å². The lowest BCUT2D eigenvalue weighted by molar-refractivity contribution is -0.281. The summed E-state index contributed by atoms with van der Waals surface area (Å²) in [6.45, 7) is 25.7. The van der Waals surface area contributed by atoms with Crippen LogP contribution in [0.2, 0.25) is 0 Å². The molecular weight excluding hydrogens is 908 g/mol. The summed E-state index contributed by atoms with van der Waals surface area (Å²) in [6, 6.07) is 0. The maximum Gasteiger partial charge on any atom is 0.474 e. The van der Waals surface area contributed by atoms with E-state index in [4.69, 9.17) is 13.8 Å². The molecule has 0 aromatic rings. The molecule has 0 spiro atoms. The fourth-order valence-corrected chi connectivity index (χ4v) is 8.88. The lowest BCUT2D eigenvalue weighted by Gasteiger charge is -2.39. The van der Waals surface area contributed by atoms with Crippen LogP contribution in [0.1, 0.15) is 212 Å². The van der Waals surface area contributed by atoms with Crippen molar-refractivity contribution in [1.29, 1.82) is 0 Å². The number of phosphoric ester groups is 1. The number of hydrogen-bond donors (Lipinski definition) is 5. The van der Waals surface area contributed by atoms with Gasteiger partial charge in [-0.3, -0.25) is 9.05 Å². The molecule has 9 nitrogen and oxygen atoms in total. The number of ether oxygens (including phenoxy) is 1. The number of rotatable bonds is 36. The summed E-state index contributed by atoms with van der Waals surface area (Å²) in [7, 11) is -4.67. The van der Waals surface area contributed by atoms with Crippen LogP contribution in [0, 0.1) is 0 Å². The first kappa shape index (κ1) is 66.1. The van der Waals surface area contributed by atoms with E-state index in [0.717, 1.165) is 121 Å². The van der Waals surface area contributed by atoms with E-state index in [2.05, 4.69) is 137 Å². The quantitative estimate of drug-likeness (QED) is 0.0306. The van der Waals surface area contributed by atoms with Gasteiger partial charge in [0.1, 0.15) is 24.4 Å². The summed E-state index contributed by atoms with van der Waals surface area (Å²) < 4.78 is 27.4. The van der Waals surface area contributed by atoms with Crippen LogP contribution in [-0.4, -0.2) is 69.2 Å². The predicted octanol–water partition coefficient (Wildman–Crippen LogP) is 16.2. The van der Waals surface area contributed by atoms with Gasteiger partial charge in [0.15, 0.2) is 6.29 Å². The summed E-state index contributed by atoms with van der Waals surface area (Å²) in [5, 5.41) is 39.1. The van der Waals surface area contributed by atoms with Gasteiger partial charge in [-0.2, -0.15) is 0 Å². The number of hydrogen-bond acceptors (Lipinski definition) is 8. The van der Waals surface area contributed by atoms with Gasteiger partial charge >= 0.3 is 7.82 Å². The molecule has 0 radical (unpaired) electrons. The van der Waals surface area contributed by atoms with Gasteiger partial charge in [-0.05, 0) is 212 Å². The van der Waals surface area contributed by atoms with Gasteiger partial charge in [-0.15, -0.1) is 0 Å². The highest BCUT2D eigenvalue weighted by Crippen LogP contribution is 2.46. The Morgan fingerprint density at radius 2 is 0.662 bits per heavy atom. The summed E-state index contributed by atoms with van der Waals surface area (Å²) in [4.78, 5) is 10.1. The Labute approximate surface area is 433 Å². The van der Waals surface area contributed by atoms with Crippen LogP contribution < -0.4 is 0 Å². The van der Waals surface area contributed by atoms with Crippen molar-refractivity contribution in [1.82, 2.24) is 0 Å². The average Bonchev–Trinajstić information content (AvgIpc) is 3.29. The van der Waals surface area contributed by atoms with Crippen LogP contribution in [0.5, 0.6) is 0 Å². The van der Waals surface area contributed by atoms with Crippen molar-refractivity contribution in [3.8, 4) is 0 Å². The van der Waals surface area contributed by atoms with Crippen LogP contribution >= 0.6 is 7.82 Å². The van der Waals surface area contributed by atoms with Gasteiger partial charge in [0, 0.05) is 0 Å². The lowest BCUT2D eigenvalue weighted by Crippen LogP contribution is -2.58. The van der Waals surface area contributed by atoms with Gasteiger partial charge in [0.2, 0.25) is 0 Å². The minimum Gasteiger partial charge on any atom is -0.394 e. The Bertz CT molecular complexity index is 1930. The van der Waals surface area contributed by atoms with E-state index in [9.17, 15) is 29.9 Å². The highest BCUT2D eigenvalue weighted by atomic mass is 31.2. The number of aliphatic hydroxyl groups is 4. The zero-order valence-corrected chi connectivity index (χ0v) is 47.5. The molecule has 0 aromatic carbocycles. The minimum absolute atomic E-state index is 0.207. The molecule has 0 aliphatic carbocycles. The average molecular weight is 1010 g/mol. The Morgan fingerprint density at radius 3 is 0.915 bits per heavy atom. The van der Waals surface area contributed by atoms with Crippen molar-refractivity contribution in [2.45, 2.75) is 242 Å². The molecule has 6 atom stereocenters. The standard InChI is InChI=1S/C61H101O9P/c1-46(2)23-13-24-47(3)25-14-26-48(4)27-15-28-49(5)29-16-30-50(6)31-17-32-51(7)33-18-34-52(8)35-19-36-53(9)37-20-38-54(10)39-21-40-55(11)41-22-42-56(12)43-44-68-71(66,67)70-61-60(65)59(64)58(63)57(45-62)69-61/h23,25,27,29,31,33,35,37,39,41,43,57-65H,13-22,24,26,28,30,32,34,36,38,40,42,44-45H2,1-12H3,(H,66,67). The molecule has 1 fully saturated rings. The zero-order valence-electron chi connectivity index (χ0n) is 46.6. The van der Waals surface area contributed by atoms with Crippen molar-refractivity contribution in [2.75, 3.05) is 13.2 Å². The molecule has 5 N–H and O–H groups in total. The van der Waals surface area contributed by atoms with Gasteiger partial charge < -0.3 is 30.1 Å². The van der Waals surface area contributed by atoms with Gasteiger partial charge in [0.25, 0.3) is 0 Å². The maximum absolute atomic E-state index is 12.4. The third-order valence-corrected chi connectivity index (χ3v) is 14.1. The molecule has 0 aromatic heterocycles. The molecule has 10 heteroatoms. The SMILES string of the molecule is CC(C)=CCCC(C)=CCCC(C)=CCCC(C)=CCCC(C)=CCCC(C)=CCCC(C)=CCCC(C)=CCCC(C)=CCCC(C)=CCCC(C)=CCOP(=O)(O)OC1OC(CO)C(O)C(O)C1O. The van der Waals surface area contributed by atoms with Crippen molar-refractivity contribution in [3.63, 3.8) is 0 Å². The molecule has 6 unspecified atom stereocenters. The largest absolute Gasteiger partial charge is 0.474 e. The third-order valence-electron chi connectivity index (χ3n) is 13.1. The first-order valence-corrected chi connectivity index (χ1v) is 28.3. The van der Waals surface area contributed by atoms with Gasteiger partial charge in [-0.1, -0.05) is 128 Å². The van der Waals surface area contributed by atoms with Crippen LogP contribution in [0.4, 0.5) is 0 Å². The highest BCUT2D eigenvalue weighted by Gasteiger charge is 2.46. The molecule has 1 saturated heterocycles. The maximum atomic E-state index is 12.4. The van der Waals surface area contributed by atoms with Crippen LogP contribution in [0.3, 0.4) is 0 Å². The molecule has 0 saturated carbocycles. The first-order valence-electron chi connectivity index (χ1n) is 26.8. The molecule has 71 heavy (non-hydrogen) atoms. The first-order chi connectivity index (χ1) is 33.6. The highest BCUT2D eigenvalue weighted by molar-refractivity contribution is 7.47.